The molecule has 0 heterocycles. The standard InChI is InChI=1S/C19H20N2O3S/c1-21(2)25(23,24)16-10-9-15-8-7-14-5-3-4-6-17(14)19(12-20-13-22)18(15)11-16/h3-11,13,19H,12H2,1-2H3,(H,20,22). The fourth-order valence-electron chi connectivity index (χ4n) is 3.09. The average Bonchev–Trinajstić information content (AvgIpc) is 2.76. The van der Waals surface area contributed by atoms with Gasteiger partial charge in [0.2, 0.25) is 16.4 Å². The van der Waals surface area contributed by atoms with E-state index < -0.39 is 10.0 Å². The highest BCUT2D eigenvalue weighted by Gasteiger charge is 2.25. The van der Waals surface area contributed by atoms with E-state index in [4.69, 9.17) is 0 Å². The highest BCUT2D eigenvalue weighted by atomic mass is 32.2. The van der Waals surface area contributed by atoms with Crippen LogP contribution < -0.4 is 5.32 Å². The number of amides is 1. The number of fused-ring (bicyclic) bond motifs is 2. The number of benzene rings is 2. The molecule has 1 N–H and O–H groups in total. The molecule has 1 atom stereocenters. The molecular weight excluding hydrogens is 336 g/mol. The molecule has 0 saturated heterocycles. The molecule has 1 amide bonds. The van der Waals surface area contributed by atoms with Gasteiger partial charge in [-0.05, 0) is 34.4 Å². The van der Waals surface area contributed by atoms with Crippen LogP contribution in [0.1, 0.15) is 28.2 Å². The predicted octanol–water partition coefficient (Wildman–Crippen LogP) is 2.30. The monoisotopic (exact) mass is 356 g/mol. The lowest BCUT2D eigenvalue weighted by Gasteiger charge is -2.21. The first-order valence-corrected chi connectivity index (χ1v) is 9.39. The minimum Gasteiger partial charge on any atom is -0.358 e. The van der Waals surface area contributed by atoms with Gasteiger partial charge in [0.25, 0.3) is 0 Å². The van der Waals surface area contributed by atoms with Gasteiger partial charge in [-0.15, -0.1) is 0 Å². The van der Waals surface area contributed by atoms with E-state index in [1.807, 2.05) is 42.5 Å². The molecule has 0 aliphatic heterocycles. The third kappa shape index (κ3) is 3.23. The lowest BCUT2D eigenvalue weighted by molar-refractivity contribution is -0.109. The minimum atomic E-state index is -3.52. The van der Waals surface area contributed by atoms with E-state index in [0.717, 1.165) is 22.3 Å². The SMILES string of the molecule is CN(C)S(=O)(=O)c1ccc2c(c1)C(CNC=O)c1ccccc1C=C2. The summed E-state index contributed by atoms with van der Waals surface area (Å²) in [6.07, 6.45) is 4.68. The van der Waals surface area contributed by atoms with Crippen molar-refractivity contribution in [1.82, 2.24) is 9.62 Å². The Bertz CT molecular complexity index is 933. The molecule has 0 spiro atoms. The zero-order chi connectivity index (χ0) is 18.0. The number of hydrogen-bond acceptors (Lipinski definition) is 3. The fraction of sp³-hybridized carbons (Fsp3) is 0.211. The number of nitrogens with one attached hydrogen (secondary N) is 1. The molecule has 0 fully saturated rings. The van der Waals surface area contributed by atoms with Gasteiger partial charge in [-0.1, -0.05) is 42.5 Å². The average molecular weight is 356 g/mol. The summed E-state index contributed by atoms with van der Waals surface area (Å²) < 4.78 is 26.2. The van der Waals surface area contributed by atoms with Crippen LogP contribution in [0.25, 0.3) is 12.2 Å². The Morgan fingerprint density at radius 1 is 1.04 bits per heavy atom. The predicted molar refractivity (Wildman–Crippen MR) is 98.6 cm³/mol. The summed E-state index contributed by atoms with van der Waals surface area (Å²) in [6, 6.07) is 13.1. The van der Waals surface area contributed by atoms with Crippen molar-refractivity contribution in [3.63, 3.8) is 0 Å². The third-order valence-corrected chi connectivity index (χ3v) is 6.24. The van der Waals surface area contributed by atoms with Crippen LogP contribution in [0.15, 0.2) is 47.4 Å². The molecule has 25 heavy (non-hydrogen) atoms. The van der Waals surface area contributed by atoms with Gasteiger partial charge in [-0.2, -0.15) is 0 Å². The maximum absolute atomic E-state index is 12.5. The molecule has 0 radical (unpaired) electrons. The largest absolute Gasteiger partial charge is 0.358 e. The van der Waals surface area contributed by atoms with Crippen LogP contribution in [0.2, 0.25) is 0 Å². The van der Waals surface area contributed by atoms with Crippen LogP contribution in [-0.2, 0) is 14.8 Å². The van der Waals surface area contributed by atoms with E-state index in [1.165, 1.54) is 18.4 Å². The lowest BCUT2D eigenvalue weighted by Crippen LogP contribution is -2.24. The Morgan fingerprint density at radius 2 is 1.72 bits per heavy atom. The zero-order valence-electron chi connectivity index (χ0n) is 14.1. The zero-order valence-corrected chi connectivity index (χ0v) is 15.0. The fourth-order valence-corrected chi connectivity index (χ4v) is 4.03. The number of nitrogens with zero attached hydrogens (tertiary/aromatic N) is 1. The molecule has 6 heteroatoms. The number of carbonyl (C=O) groups excluding carboxylic acids is 1. The Labute approximate surface area is 148 Å². The van der Waals surface area contributed by atoms with Gasteiger partial charge in [0, 0.05) is 26.6 Å². The van der Waals surface area contributed by atoms with Crippen LogP contribution in [0.4, 0.5) is 0 Å². The Hall–Kier alpha value is -2.44. The molecule has 2 aromatic carbocycles. The lowest BCUT2D eigenvalue weighted by atomic mass is 9.87. The molecule has 5 nitrogen and oxygen atoms in total. The second-order valence-electron chi connectivity index (χ2n) is 6.12. The van der Waals surface area contributed by atoms with E-state index >= 15 is 0 Å². The molecule has 130 valence electrons. The first-order valence-electron chi connectivity index (χ1n) is 7.95. The van der Waals surface area contributed by atoms with Crippen molar-refractivity contribution in [2.24, 2.45) is 0 Å². The van der Waals surface area contributed by atoms with E-state index in [9.17, 15) is 13.2 Å². The number of carbonyl (C=O) groups is 1. The first kappa shape index (κ1) is 17.4. The second-order valence-corrected chi connectivity index (χ2v) is 8.27. The molecule has 3 rings (SSSR count). The summed E-state index contributed by atoms with van der Waals surface area (Å²) in [7, 11) is -0.493. The van der Waals surface area contributed by atoms with Crippen LogP contribution in [-0.4, -0.2) is 39.8 Å². The number of hydrogen-bond donors (Lipinski definition) is 1. The van der Waals surface area contributed by atoms with Crippen LogP contribution in [0.3, 0.4) is 0 Å². The van der Waals surface area contributed by atoms with Crippen molar-refractivity contribution in [3.8, 4) is 0 Å². The Kier molecular flexibility index (Phi) is 4.74. The molecule has 1 unspecified atom stereocenters. The Morgan fingerprint density at radius 3 is 2.40 bits per heavy atom. The van der Waals surface area contributed by atoms with Gasteiger partial charge in [-0.3, -0.25) is 4.79 Å². The van der Waals surface area contributed by atoms with Crippen molar-refractivity contribution >= 4 is 28.6 Å². The summed E-state index contributed by atoms with van der Waals surface area (Å²) in [5, 5.41) is 2.74. The quantitative estimate of drug-likeness (QED) is 0.836. The molecule has 1 aliphatic rings. The highest BCUT2D eigenvalue weighted by Crippen LogP contribution is 2.35. The van der Waals surface area contributed by atoms with Crippen LogP contribution in [0.5, 0.6) is 0 Å². The topological polar surface area (TPSA) is 66.5 Å². The maximum Gasteiger partial charge on any atom is 0.242 e. The smallest absolute Gasteiger partial charge is 0.242 e. The van der Waals surface area contributed by atoms with E-state index in [2.05, 4.69) is 5.32 Å². The van der Waals surface area contributed by atoms with Crippen molar-refractivity contribution in [2.75, 3.05) is 20.6 Å². The second kappa shape index (κ2) is 6.82. The normalized spacial score (nSPS) is 16.0. The summed E-state index contributed by atoms with van der Waals surface area (Å²) in [5.41, 5.74) is 3.96. The molecular formula is C19H20N2O3S. The van der Waals surface area contributed by atoms with Gasteiger partial charge in [0.05, 0.1) is 4.90 Å². The summed E-state index contributed by atoms with van der Waals surface area (Å²) >= 11 is 0. The van der Waals surface area contributed by atoms with Gasteiger partial charge in [-0.25, -0.2) is 12.7 Å². The van der Waals surface area contributed by atoms with Crippen molar-refractivity contribution < 1.29 is 13.2 Å². The van der Waals surface area contributed by atoms with Gasteiger partial charge >= 0.3 is 0 Å². The molecule has 1 aliphatic carbocycles. The van der Waals surface area contributed by atoms with Gasteiger partial charge < -0.3 is 5.32 Å². The van der Waals surface area contributed by atoms with Crippen LogP contribution in [0, 0.1) is 0 Å². The van der Waals surface area contributed by atoms with Crippen molar-refractivity contribution in [3.05, 3.63) is 64.7 Å². The first-order chi connectivity index (χ1) is 11.9. The third-order valence-electron chi connectivity index (χ3n) is 4.43. The highest BCUT2D eigenvalue weighted by molar-refractivity contribution is 7.89. The van der Waals surface area contributed by atoms with E-state index in [0.29, 0.717) is 13.0 Å². The molecule has 2 aromatic rings. The van der Waals surface area contributed by atoms with Crippen molar-refractivity contribution in [1.29, 1.82) is 0 Å². The summed E-state index contributed by atoms with van der Waals surface area (Å²) in [4.78, 5) is 11.1. The molecule has 0 aromatic heterocycles. The van der Waals surface area contributed by atoms with Crippen LogP contribution >= 0.6 is 0 Å². The maximum atomic E-state index is 12.5. The summed E-state index contributed by atoms with van der Waals surface area (Å²) in [6.45, 7) is 0.403. The molecule has 0 bridgehead atoms. The number of sulfonamides is 1. The van der Waals surface area contributed by atoms with Crippen molar-refractivity contribution in [2.45, 2.75) is 10.8 Å². The number of rotatable bonds is 5. The van der Waals surface area contributed by atoms with E-state index in [-0.39, 0.29) is 10.8 Å². The van der Waals surface area contributed by atoms with Gasteiger partial charge in [0.15, 0.2) is 0 Å². The summed E-state index contributed by atoms with van der Waals surface area (Å²) in [5.74, 6) is -0.122. The van der Waals surface area contributed by atoms with Gasteiger partial charge in [0.1, 0.15) is 0 Å². The minimum absolute atomic E-state index is 0.122. The van der Waals surface area contributed by atoms with E-state index in [1.54, 1.807) is 12.1 Å². The Balaban J connectivity index is 2.19. The molecule has 0 saturated carbocycles.